The van der Waals surface area contributed by atoms with E-state index >= 15 is 0 Å². The molecule has 9 heteroatoms. The molecule has 1 saturated heterocycles. The van der Waals surface area contributed by atoms with E-state index in [4.69, 9.17) is 5.73 Å². The van der Waals surface area contributed by atoms with Crippen LogP contribution in [0.1, 0.15) is 44.3 Å². The fraction of sp³-hybridized carbons (Fsp3) is 0.524. The van der Waals surface area contributed by atoms with Crippen LogP contribution in [0, 0.1) is 11.8 Å². The van der Waals surface area contributed by atoms with E-state index in [1.54, 1.807) is 0 Å². The number of carbonyl (C=O) groups excluding carboxylic acids is 2. The van der Waals surface area contributed by atoms with Crippen molar-refractivity contribution in [2.45, 2.75) is 45.1 Å². The van der Waals surface area contributed by atoms with Gasteiger partial charge in [-0.3, -0.25) is 14.7 Å². The second kappa shape index (κ2) is 10.0. The van der Waals surface area contributed by atoms with E-state index in [1.165, 1.54) is 0 Å². The summed E-state index contributed by atoms with van der Waals surface area (Å²) in [5.41, 5.74) is 7.12. The maximum absolute atomic E-state index is 13.0. The molecule has 30 heavy (non-hydrogen) atoms. The number of nitrogens with zero attached hydrogens (tertiary/aromatic N) is 3. The van der Waals surface area contributed by atoms with Gasteiger partial charge in [0.1, 0.15) is 5.82 Å². The summed E-state index contributed by atoms with van der Waals surface area (Å²) in [6.45, 7) is 1.97. The third-order valence-electron chi connectivity index (χ3n) is 5.97. The Morgan fingerprint density at radius 1 is 1.07 bits per heavy atom. The first-order valence-electron chi connectivity index (χ1n) is 10.5. The fourth-order valence-corrected chi connectivity index (χ4v) is 4.37. The van der Waals surface area contributed by atoms with Crippen LogP contribution < -0.4 is 11.1 Å². The first-order valence-corrected chi connectivity index (χ1v) is 10.5. The van der Waals surface area contributed by atoms with Crippen LogP contribution in [0.5, 0.6) is 0 Å². The van der Waals surface area contributed by atoms with E-state index in [9.17, 15) is 9.59 Å². The smallest absolute Gasteiger partial charge is 0.228 e. The number of anilines is 1. The Bertz CT molecular complexity index is 863. The minimum Gasteiger partial charge on any atom is -0.342 e. The van der Waals surface area contributed by atoms with Crippen molar-refractivity contribution in [2.24, 2.45) is 17.6 Å². The van der Waals surface area contributed by atoms with Crippen molar-refractivity contribution in [3.05, 3.63) is 30.1 Å². The molecule has 2 amide bonds. The van der Waals surface area contributed by atoms with Crippen LogP contribution in [0.2, 0.25) is 0 Å². The van der Waals surface area contributed by atoms with Gasteiger partial charge in [0.15, 0.2) is 5.82 Å². The van der Waals surface area contributed by atoms with Gasteiger partial charge in [-0.15, -0.1) is 12.4 Å². The Hall–Kier alpha value is -2.45. The molecule has 1 aromatic carbocycles. The largest absolute Gasteiger partial charge is 0.342 e. The molecule has 2 atom stereocenters. The Morgan fingerprint density at radius 2 is 1.73 bits per heavy atom. The highest BCUT2D eigenvalue weighted by molar-refractivity contribution is 5.96. The Labute approximate surface area is 182 Å². The second-order valence-corrected chi connectivity index (χ2v) is 7.91. The summed E-state index contributed by atoms with van der Waals surface area (Å²) in [5.74, 6) is 0.868. The molecule has 1 saturated carbocycles. The van der Waals surface area contributed by atoms with Crippen molar-refractivity contribution < 1.29 is 9.59 Å². The van der Waals surface area contributed by atoms with Crippen molar-refractivity contribution >= 4 is 29.9 Å². The maximum atomic E-state index is 13.0. The van der Waals surface area contributed by atoms with Gasteiger partial charge in [-0.25, -0.2) is 4.98 Å². The molecule has 2 heterocycles. The number of hydrogen-bond acceptors (Lipinski definition) is 5. The number of likely N-dealkylation sites (tertiary alicyclic amines) is 1. The van der Waals surface area contributed by atoms with Gasteiger partial charge in [0, 0.05) is 36.2 Å². The number of aromatic nitrogens is 3. The van der Waals surface area contributed by atoms with Crippen molar-refractivity contribution in [1.29, 1.82) is 0 Å². The zero-order chi connectivity index (χ0) is 20.2. The van der Waals surface area contributed by atoms with Crippen LogP contribution >= 0.6 is 12.4 Å². The summed E-state index contributed by atoms with van der Waals surface area (Å²) in [6, 6.07) is 7.41. The number of halogens is 1. The predicted molar refractivity (Wildman–Crippen MR) is 117 cm³/mol. The second-order valence-electron chi connectivity index (χ2n) is 7.91. The number of H-pyrrole nitrogens is 1. The van der Waals surface area contributed by atoms with Crippen molar-refractivity contribution in [3.63, 3.8) is 0 Å². The third kappa shape index (κ3) is 4.82. The summed E-state index contributed by atoms with van der Waals surface area (Å²) in [4.78, 5) is 32.1. The first-order chi connectivity index (χ1) is 14.2. The van der Waals surface area contributed by atoms with Crippen molar-refractivity contribution in [2.75, 3.05) is 18.4 Å². The minimum absolute atomic E-state index is 0. The van der Waals surface area contributed by atoms with Crippen molar-refractivity contribution in [3.8, 4) is 11.4 Å². The third-order valence-corrected chi connectivity index (χ3v) is 5.97. The Kier molecular flexibility index (Phi) is 7.44. The van der Waals surface area contributed by atoms with Gasteiger partial charge in [-0.1, -0.05) is 12.8 Å². The zero-order valence-electron chi connectivity index (χ0n) is 17.0. The van der Waals surface area contributed by atoms with Crippen LogP contribution in [-0.2, 0) is 16.1 Å². The molecule has 2 fully saturated rings. The lowest BCUT2D eigenvalue weighted by Crippen LogP contribution is -2.42. The summed E-state index contributed by atoms with van der Waals surface area (Å²) >= 11 is 0. The number of benzene rings is 1. The quantitative estimate of drug-likeness (QED) is 0.671. The molecule has 1 aliphatic heterocycles. The number of amides is 2. The number of hydrogen-bond donors (Lipinski definition) is 3. The summed E-state index contributed by atoms with van der Waals surface area (Å²) in [7, 11) is 0. The normalized spacial score (nSPS) is 21.2. The van der Waals surface area contributed by atoms with Crippen molar-refractivity contribution in [1.82, 2.24) is 20.1 Å². The first kappa shape index (κ1) is 22.2. The van der Waals surface area contributed by atoms with Crippen LogP contribution in [-0.4, -0.2) is 45.0 Å². The Morgan fingerprint density at radius 3 is 2.37 bits per heavy atom. The number of aromatic amines is 1. The molecule has 0 spiro atoms. The standard InChI is InChI=1S/C21H28N6O2.ClH/c22-13-18-24-19(26-25-18)14-7-9-15(10-8-14)23-20(28)16-5-1-2-6-17(16)21(29)27-11-3-4-12-27;/h7-10,16-17H,1-6,11-13,22H2,(H,23,28)(H,24,25,26);1H. The molecule has 1 aromatic heterocycles. The predicted octanol–water partition coefficient (Wildman–Crippen LogP) is 2.72. The highest BCUT2D eigenvalue weighted by Crippen LogP contribution is 2.33. The molecule has 2 aliphatic rings. The number of rotatable bonds is 5. The summed E-state index contributed by atoms with van der Waals surface area (Å²) in [5, 5.41) is 9.94. The van der Waals surface area contributed by atoms with Gasteiger partial charge in [0.2, 0.25) is 11.8 Å². The highest BCUT2D eigenvalue weighted by atomic mass is 35.5. The molecule has 4 rings (SSSR count). The van der Waals surface area contributed by atoms with Gasteiger partial charge < -0.3 is 16.0 Å². The minimum atomic E-state index is -0.253. The average molecular weight is 433 g/mol. The van der Waals surface area contributed by atoms with E-state index in [-0.39, 0.29) is 36.1 Å². The molecule has 162 valence electrons. The molecule has 4 N–H and O–H groups in total. The average Bonchev–Trinajstić information content (AvgIpc) is 3.46. The number of nitrogens with one attached hydrogen (secondary N) is 2. The molecule has 8 nitrogen and oxygen atoms in total. The molecule has 1 aliphatic carbocycles. The Balaban J connectivity index is 0.00000256. The van der Waals surface area contributed by atoms with Gasteiger partial charge in [0.05, 0.1) is 6.54 Å². The number of nitrogens with two attached hydrogens (primary N) is 1. The van der Waals surface area contributed by atoms with E-state index < -0.39 is 0 Å². The summed E-state index contributed by atoms with van der Waals surface area (Å²) in [6.07, 6.45) is 5.73. The molecule has 2 aromatic rings. The van der Waals surface area contributed by atoms with E-state index in [0.29, 0.717) is 23.9 Å². The van der Waals surface area contributed by atoms with Crippen LogP contribution in [0.4, 0.5) is 5.69 Å². The van der Waals surface area contributed by atoms with Crippen LogP contribution in [0.25, 0.3) is 11.4 Å². The topological polar surface area (TPSA) is 117 Å². The van der Waals surface area contributed by atoms with Gasteiger partial charge in [-0.05, 0) is 49.9 Å². The van der Waals surface area contributed by atoms with Crippen LogP contribution in [0.15, 0.2) is 24.3 Å². The van der Waals surface area contributed by atoms with E-state index in [1.807, 2.05) is 29.2 Å². The zero-order valence-corrected chi connectivity index (χ0v) is 17.8. The van der Waals surface area contributed by atoms with E-state index in [2.05, 4.69) is 20.5 Å². The molecule has 2 unspecified atom stereocenters. The highest BCUT2D eigenvalue weighted by Gasteiger charge is 2.38. The number of carbonyl (C=O) groups is 2. The lowest BCUT2D eigenvalue weighted by atomic mass is 9.77. The maximum Gasteiger partial charge on any atom is 0.228 e. The molecular weight excluding hydrogens is 404 g/mol. The summed E-state index contributed by atoms with van der Waals surface area (Å²) < 4.78 is 0. The van der Waals surface area contributed by atoms with E-state index in [0.717, 1.165) is 57.2 Å². The van der Waals surface area contributed by atoms with Gasteiger partial charge in [-0.2, -0.15) is 5.10 Å². The SMILES string of the molecule is Cl.NCc1nc(-c2ccc(NC(=O)C3CCCCC3C(=O)N3CCCC3)cc2)n[nH]1. The molecular formula is C21H29ClN6O2. The van der Waals surface area contributed by atoms with Gasteiger partial charge in [0.25, 0.3) is 0 Å². The molecule has 0 bridgehead atoms. The fourth-order valence-electron chi connectivity index (χ4n) is 4.37. The monoisotopic (exact) mass is 432 g/mol. The lowest BCUT2D eigenvalue weighted by molar-refractivity contribution is -0.141. The molecule has 0 radical (unpaired) electrons. The lowest BCUT2D eigenvalue weighted by Gasteiger charge is -2.32. The van der Waals surface area contributed by atoms with Crippen LogP contribution in [0.3, 0.4) is 0 Å². The van der Waals surface area contributed by atoms with Gasteiger partial charge >= 0.3 is 0 Å².